The Labute approximate surface area is 130 Å². The topological polar surface area (TPSA) is 55.8 Å². The number of halogens is 1. The molecule has 1 aliphatic heterocycles. The van der Waals surface area contributed by atoms with Gasteiger partial charge in [-0.2, -0.15) is 0 Å². The van der Waals surface area contributed by atoms with E-state index in [0.717, 1.165) is 19.5 Å². The van der Waals surface area contributed by atoms with Crippen LogP contribution in [0.2, 0.25) is 0 Å². The van der Waals surface area contributed by atoms with Crippen LogP contribution in [0, 0.1) is 12.7 Å². The molecule has 1 heterocycles. The van der Waals surface area contributed by atoms with Gasteiger partial charge in [-0.15, -0.1) is 0 Å². The lowest BCUT2D eigenvalue weighted by atomic mass is 10.1. The molecule has 0 spiro atoms. The molecule has 1 aliphatic rings. The summed E-state index contributed by atoms with van der Waals surface area (Å²) in [6.07, 6.45) is 0.894. The highest BCUT2D eigenvalue weighted by molar-refractivity contribution is 5.90. The number of carbonyl (C=O) groups excluding carboxylic acids is 1. The number of nitrogens with zero attached hydrogens (tertiary/aromatic N) is 2. The van der Waals surface area contributed by atoms with Gasteiger partial charge in [-0.05, 0) is 25.5 Å². The lowest BCUT2D eigenvalue weighted by molar-refractivity contribution is 0.0766. The van der Waals surface area contributed by atoms with Gasteiger partial charge in [-0.25, -0.2) is 9.18 Å². The minimum absolute atomic E-state index is 0.144. The maximum absolute atomic E-state index is 13.5. The van der Waals surface area contributed by atoms with Crippen molar-refractivity contribution in [1.82, 2.24) is 9.80 Å². The van der Waals surface area contributed by atoms with Gasteiger partial charge >= 0.3 is 6.03 Å². The second-order valence-electron chi connectivity index (χ2n) is 5.61. The van der Waals surface area contributed by atoms with Gasteiger partial charge < -0.3 is 15.3 Å². The highest BCUT2D eigenvalue weighted by atomic mass is 19.1. The van der Waals surface area contributed by atoms with E-state index in [1.165, 1.54) is 6.07 Å². The molecule has 1 aromatic carbocycles. The Kier molecular flexibility index (Phi) is 5.74. The first-order valence-corrected chi connectivity index (χ1v) is 7.72. The maximum atomic E-state index is 13.5. The Balaban J connectivity index is 1.91. The summed E-state index contributed by atoms with van der Waals surface area (Å²) in [7, 11) is 0. The number of benzene rings is 1. The van der Waals surface area contributed by atoms with Crippen LogP contribution in [0.3, 0.4) is 0 Å². The van der Waals surface area contributed by atoms with Crippen molar-refractivity contribution in [2.45, 2.75) is 26.3 Å². The number of aliphatic hydroxyl groups excluding tert-OH is 1. The predicted molar refractivity (Wildman–Crippen MR) is 84.5 cm³/mol. The summed E-state index contributed by atoms with van der Waals surface area (Å²) < 4.78 is 13.5. The monoisotopic (exact) mass is 309 g/mol. The quantitative estimate of drug-likeness (QED) is 0.895. The molecular weight excluding hydrogens is 285 g/mol. The Morgan fingerprint density at radius 3 is 2.64 bits per heavy atom. The average Bonchev–Trinajstić information content (AvgIpc) is 2.53. The van der Waals surface area contributed by atoms with Crippen molar-refractivity contribution in [2.24, 2.45) is 0 Å². The van der Waals surface area contributed by atoms with Crippen LogP contribution in [0.15, 0.2) is 18.2 Å². The van der Waals surface area contributed by atoms with Crippen LogP contribution in [-0.2, 0) is 0 Å². The molecule has 5 nitrogen and oxygen atoms in total. The molecule has 0 aromatic heterocycles. The molecule has 122 valence electrons. The van der Waals surface area contributed by atoms with Gasteiger partial charge in [-0.1, -0.05) is 13.0 Å². The smallest absolute Gasteiger partial charge is 0.321 e. The molecular formula is C16H24FN3O2. The molecule has 0 saturated carbocycles. The van der Waals surface area contributed by atoms with E-state index in [1.54, 1.807) is 24.0 Å². The number of hydrogen-bond acceptors (Lipinski definition) is 3. The summed E-state index contributed by atoms with van der Waals surface area (Å²) >= 11 is 0. The van der Waals surface area contributed by atoms with Crippen LogP contribution in [0.5, 0.6) is 0 Å². The third-order valence-corrected chi connectivity index (χ3v) is 4.31. The largest absolute Gasteiger partial charge is 0.395 e. The second kappa shape index (κ2) is 7.56. The summed E-state index contributed by atoms with van der Waals surface area (Å²) in [6.45, 7) is 6.55. The maximum Gasteiger partial charge on any atom is 0.321 e. The fraction of sp³-hybridized carbons (Fsp3) is 0.562. The van der Waals surface area contributed by atoms with E-state index in [2.05, 4.69) is 10.2 Å². The van der Waals surface area contributed by atoms with Gasteiger partial charge in [0.05, 0.1) is 6.61 Å². The first-order valence-electron chi connectivity index (χ1n) is 7.72. The summed E-state index contributed by atoms with van der Waals surface area (Å²) in [5.41, 5.74) is 0.954. The van der Waals surface area contributed by atoms with Crippen molar-refractivity contribution in [3.05, 3.63) is 29.6 Å². The van der Waals surface area contributed by atoms with Crippen LogP contribution < -0.4 is 5.32 Å². The van der Waals surface area contributed by atoms with Gasteiger partial charge in [0, 0.05) is 43.5 Å². The van der Waals surface area contributed by atoms with E-state index in [4.69, 9.17) is 0 Å². The summed E-state index contributed by atoms with van der Waals surface area (Å²) in [4.78, 5) is 16.2. The Bertz CT molecular complexity index is 512. The number of rotatable bonds is 4. The molecule has 1 fully saturated rings. The van der Waals surface area contributed by atoms with Crippen molar-refractivity contribution in [3.63, 3.8) is 0 Å². The summed E-state index contributed by atoms with van der Waals surface area (Å²) in [5.74, 6) is -0.323. The van der Waals surface area contributed by atoms with Crippen LogP contribution in [0.1, 0.15) is 18.9 Å². The van der Waals surface area contributed by atoms with Crippen LogP contribution in [0.4, 0.5) is 14.9 Å². The standard InChI is InChI=1S/C16H24FN3O2/c1-3-13(11-21)19-7-9-20(10-8-19)16(22)18-15-6-4-5-14(17)12(15)2/h4-6,13,21H,3,7-11H2,1-2H3,(H,18,22). The minimum Gasteiger partial charge on any atom is -0.395 e. The van der Waals surface area contributed by atoms with E-state index in [9.17, 15) is 14.3 Å². The highest BCUT2D eigenvalue weighted by Crippen LogP contribution is 2.18. The minimum atomic E-state index is -0.323. The number of nitrogens with one attached hydrogen (secondary N) is 1. The molecule has 1 atom stereocenters. The number of carbonyl (C=O) groups is 1. The van der Waals surface area contributed by atoms with Crippen molar-refractivity contribution in [1.29, 1.82) is 0 Å². The molecule has 2 N–H and O–H groups in total. The van der Waals surface area contributed by atoms with Gasteiger partial charge in [0.15, 0.2) is 0 Å². The molecule has 1 aromatic rings. The van der Waals surface area contributed by atoms with Gasteiger partial charge in [0.25, 0.3) is 0 Å². The average molecular weight is 309 g/mol. The summed E-state index contributed by atoms with van der Waals surface area (Å²) in [6, 6.07) is 4.62. The highest BCUT2D eigenvalue weighted by Gasteiger charge is 2.25. The number of amides is 2. The van der Waals surface area contributed by atoms with Crippen LogP contribution in [0.25, 0.3) is 0 Å². The number of urea groups is 1. The third-order valence-electron chi connectivity index (χ3n) is 4.31. The fourth-order valence-corrected chi connectivity index (χ4v) is 2.73. The molecule has 2 amide bonds. The van der Waals surface area contributed by atoms with Crippen molar-refractivity contribution in [3.8, 4) is 0 Å². The Hall–Kier alpha value is -1.66. The van der Waals surface area contributed by atoms with Gasteiger partial charge in [0.1, 0.15) is 5.82 Å². The first-order chi connectivity index (χ1) is 10.6. The molecule has 2 rings (SSSR count). The normalized spacial score (nSPS) is 17.4. The van der Waals surface area contributed by atoms with Crippen molar-refractivity contribution >= 4 is 11.7 Å². The van der Waals surface area contributed by atoms with E-state index in [-0.39, 0.29) is 24.5 Å². The third kappa shape index (κ3) is 3.75. The molecule has 22 heavy (non-hydrogen) atoms. The zero-order valence-electron chi connectivity index (χ0n) is 13.2. The number of hydrogen-bond donors (Lipinski definition) is 2. The van der Waals surface area contributed by atoms with E-state index >= 15 is 0 Å². The summed E-state index contributed by atoms with van der Waals surface area (Å²) in [5, 5.41) is 12.1. The van der Waals surface area contributed by atoms with Crippen molar-refractivity contribution in [2.75, 3.05) is 38.1 Å². The predicted octanol–water partition coefficient (Wildman–Crippen LogP) is 2.05. The molecule has 1 saturated heterocycles. The van der Waals surface area contributed by atoms with E-state index in [0.29, 0.717) is 24.3 Å². The SMILES string of the molecule is CCC(CO)N1CCN(C(=O)Nc2cccc(F)c2C)CC1. The van der Waals surface area contributed by atoms with Gasteiger partial charge in [-0.3, -0.25) is 4.90 Å². The molecule has 0 radical (unpaired) electrons. The van der Waals surface area contributed by atoms with E-state index in [1.807, 2.05) is 6.92 Å². The first kappa shape index (κ1) is 16.7. The molecule has 6 heteroatoms. The molecule has 0 bridgehead atoms. The second-order valence-corrected chi connectivity index (χ2v) is 5.61. The number of piperazine rings is 1. The zero-order valence-corrected chi connectivity index (χ0v) is 13.2. The van der Waals surface area contributed by atoms with Crippen LogP contribution in [-0.4, -0.2) is 59.8 Å². The fourth-order valence-electron chi connectivity index (χ4n) is 2.73. The van der Waals surface area contributed by atoms with Gasteiger partial charge in [0.2, 0.25) is 0 Å². The lowest BCUT2D eigenvalue weighted by Gasteiger charge is -2.38. The molecule has 1 unspecified atom stereocenters. The van der Waals surface area contributed by atoms with Crippen molar-refractivity contribution < 1.29 is 14.3 Å². The van der Waals surface area contributed by atoms with E-state index < -0.39 is 0 Å². The number of aliphatic hydroxyl groups is 1. The zero-order chi connectivity index (χ0) is 16.1. The number of anilines is 1. The molecule has 0 aliphatic carbocycles. The Morgan fingerprint density at radius 2 is 2.05 bits per heavy atom. The van der Waals surface area contributed by atoms with Crippen LogP contribution >= 0.6 is 0 Å². The Morgan fingerprint density at radius 1 is 1.36 bits per heavy atom. The lowest BCUT2D eigenvalue weighted by Crippen LogP contribution is -2.53.